The third-order valence-electron chi connectivity index (χ3n) is 7.87. The normalized spacial score (nSPS) is 34.5. The predicted molar refractivity (Wildman–Crippen MR) is 119 cm³/mol. The maximum absolute atomic E-state index is 15.1. The molecule has 2 bridgehead atoms. The predicted octanol–water partition coefficient (Wildman–Crippen LogP) is 6.39. The Morgan fingerprint density at radius 3 is 2.18 bits per heavy atom. The van der Waals surface area contributed by atoms with Gasteiger partial charge in [0, 0.05) is 11.5 Å². The topological polar surface area (TPSA) is 40.2 Å². The van der Waals surface area contributed by atoms with Gasteiger partial charge in [-0.25, -0.2) is 13.2 Å². The van der Waals surface area contributed by atoms with Crippen LogP contribution in [0.4, 0.5) is 13.2 Å². The number of fused-ring (bicyclic) bond motifs is 2. The minimum Gasteiger partial charge on any atom is -0.368 e. The molecule has 0 aromatic heterocycles. The lowest BCUT2D eigenvalue weighted by atomic mass is 9.77. The van der Waals surface area contributed by atoms with Crippen molar-refractivity contribution in [2.75, 3.05) is 19.8 Å². The summed E-state index contributed by atoms with van der Waals surface area (Å²) >= 11 is 0. The highest BCUT2D eigenvalue weighted by Gasteiger charge is 2.61. The first-order chi connectivity index (χ1) is 16.4. The summed E-state index contributed by atoms with van der Waals surface area (Å²) in [5.74, 6) is -2.42. The maximum Gasteiger partial charge on any atom is 0.286 e. The van der Waals surface area contributed by atoms with Gasteiger partial charge >= 0.3 is 0 Å². The van der Waals surface area contributed by atoms with E-state index in [1.165, 1.54) is 18.2 Å². The zero-order chi connectivity index (χ0) is 23.5. The minimum atomic E-state index is -0.916. The van der Waals surface area contributed by atoms with E-state index in [0.29, 0.717) is 19.8 Å². The Kier molecular flexibility index (Phi) is 5.52. The Hall–Kier alpha value is -1.93. The lowest BCUT2D eigenvalue weighted by Crippen LogP contribution is -2.42. The molecule has 0 radical (unpaired) electrons. The number of hydrogen-bond acceptors (Lipinski definition) is 4. The number of rotatable bonds is 6. The van der Waals surface area contributed by atoms with E-state index in [9.17, 15) is 8.78 Å². The number of ether oxygens (including phenoxy) is 4. The molecule has 3 saturated heterocycles. The molecule has 1 unspecified atom stereocenters. The molecule has 1 atom stereocenters. The fourth-order valence-corrected chi connectivity index (χ4v) is 6.00. The van der Waals surface area contributed by atoms with Gasteiger partial charge in [-0.15, -0.1) is 0 Å². The number of benzene rings is 2. The molecule has 6 rings (SSSR count). The molecule has 0 spiro atoms. The van der Waals surface area contributed by atoms with Crippen LogP contribution >= 0.6 is 0 Å². The largest absolute Gasteiger partial charge is 0.368 e. The van der Waals surface area contributed by atoms with Gasteiger partial charge < -0.3 is 18.9 Å². The Morgan fingerprint density at radius 1 is 0.912 bits per heavy atom. The molecule has 0 N–H and O–H groups in total. The Balaban J connectivity index is 1.14. The SMILES string of the molecule is CCCC12COC(C3CCC(c4ccc(-c5cc(F)c(C6CO6)c(F)c5)c(F)c4)CC3)(OC1)O2. The summed E-state index contributed by atoms with van der Waals surface area (Å²) in [4.78, 5) is 0. The summed E-state index contributed by atoms with van der Waals surface area (Å²) in [5, 5.41) is 0. The van der Waals surface area contributed by atoms with Crippen LogP contribution in [-0.4, -0.2) is 31.4 Å². The molecule has 3 aliphatic heterocycles. The molecule has 7 heteroatoms. The van der Waals surface area contributed by atoms with Crippen molar-refractivity contribution >= 4 is 0 Å². The van der Waals surface area contributed by atoms with Crippen LogP contribution in [0.2, 0.25) is 0 Å². The van der Waals surface area contributed by atoms with Crippen LogP contribution in [-0.2, 0) is 18.9 Å². The van der Waals surface area contributed by atoms with E-state index in [1.54, 1.807) is 6.07 Å². The van der Waals surface area contributed by atoms with E-state index >= 15 is 4.39 Å². The summed E-state index contributed by atoms with van der Waals surface area (Å²) in [6.45, 7) is 3.62. The maximum atomic E-state index is 15.1. The van der Waals surface area contributed by atoms with Crippen LogP contribution < -0.4 is 0 Å². The monoisotopic (exact) mass is 474 g/mol. The van der Waals surface area contributed by atoms with E-state index in [1.807, 2.05) is 6.07 Å². The van der Waals surface area contributed by atoms with E-state index in [4.69, 9.17) is 18.9 Å². The molecule has 2 aromatic carbocycles. The summed E-state index contributed by atoms with van der Waals surface area (Å²) in [6.07, 6.45) is 4.92. The van der Waals surface area contributed by atoms with Gasteiger partial charge in [0.05, 0.1) is 25.4 Å². The summed E-state index contributed by atoms with van der Waals surface area (Å²) in [7, 11) is 0. The van der Waals surface area contributed by atoms with Crippen LogP contribution in [0.25, 0.3) is 11.1 Å². The molecule has 3 heterocycles. The van der Waals surface area contributed by atoms with E-state index in [-0.39, 0.29) is 34.1 Å². The third kappa shape index (κ3) is 3.77. The van der Waals surface area contributed by atoms with Crippen molar-refractivity contribution in [3.63, 3.8) is 0 Å². The molecule has 0 amide bonds. The molecular weight excluding hydrogens is 445 g/mol. The summed E-state index contributed by atoms with van der Waals surface area (Å²) in [6, 6.07) is 7.37. The van der Waals surface area contributed by atoms with Crippen LogP contribution in [0.15, 0.2) is 30.3 Å². The fraction of sp³-hybridized carbons (Fsp3) is 0.556. The lowest BCUT2D eigenvalue weighted by Gasteiger charge is -2.37. The lowest BCUT2D eigenvalue weighted by molar-refractivity contribution is -0.332. The van der Waals surface area contributed by atoms with E-state index in [0.717, 1.165) is 44.1 Å². The quantitative estimate of drug-likeness (QED) is 0.455. The van der Waals surface area contributed by atoms with Crippen molar-refractivity contribution in [3.05, 3.63) is 58.9 Å². The number of epoxide rings is 1. The van der Waals surface area contributed by atoms with Crippen LogP contribution in [0.3, 0.4) is 0 Å². The van der Waals surface area contributed by atoms with Gasteiger partial charge in [0.15, 0.2) is 0 Å². The van der Waals surface area contributed by atoms with Crippen molar-refractivity contribution in [2.24, 2.45) is 5.92 Å². The molecule has 1 aliphatic carbocycles. The van der Waals surface area contributed by atoms with Crippen molar-refractivity contribution in [1.29, 1.82) is 0 Å². The second-order valence-electron chi connectivity index (χ2n) is 10.2. The van der Waals surface area contributed by atoms with Gasteiger partial charge in [0.25, 0.3) is 5.97 Å². The first-order valence-electron chi connectivity index (χ1n) is 12.3. The third-order valence-corrected chi connectivity index (χ3v) is 7.87. The smallest absolute Gasteiger partial charge is 0.286 e. The average Bonchev–Trinajstić information content (AvgIpc) is 3.49. The van der Waals surface area contributed by atoms with Crippen molar-refractivity contribution < 1.29 is 32.1 Å². The Morgan fingerprint density at radius 2 is 1.59 bits per heavy atom. The molecule has 4 fully saturated rings. The molecule has 182 valence electrons. The van der Waals surface area contributed by atoms with Crippen LogP contribution in [0, 0.1) is 23.4 Å². The van der Waals surface area contributed by atoms with Crippen LogP contribution in [0.1, 0.15) is 68.6 Å². The van der Waals surface area contributed by atoms with Gasteiger partial charge in [0.1, 0.15) is 29.2 Å². The molecular formula is C27H29F3O4. The molecule has 34 heavy (non-hydrogen) atoms. The van der Waals surface area contributed by atoms with Crippen molar-refractivity contribution in [1.82, 2.24) is 0 Å². The molecule has 4 nitrogen and oxygen atoms in total. The van der Waals surface area contributed by atoms with Gasteiger partial charge in [0.2, 0.25) is 0 Å². The minimum absolute atomic E-state index is 0.0783. The molecule has 1 saturated carbocycles. The summed E-state index contributed by atoms with van der Waals surface area (Å²) in [5.41, 5.74) is 0.910. The Labute approximate surface area is 197 Å². The van der Waals surface area contributed by atoms with Crippen molar-refractivity contribution in [2.45, 2.75) is 69.0 Å². The number of halogens is 3. The Bertz CT molecular complexity index is 1060. The van der Waals surface area contributed by atoms with Gasteiger partial charge in [-0.05, 0) is 67.3 Å². The van der Waals surface area contributed by atoms with Gasteiger partial charge in [-0.2, -0.15) is 0 Å². The highest BCUT2D eigenvalue weighted by molar-refractivity contribution is 5.65. The molecule has 4 aliphatic rings. The van der Waals surface area contributed by atoms with Crippen LogP contribution in [0.5, 0.6) is 0 Å². The fourth-order valence-electron chi connectivity index (χ4n) is 6.00. The first kappa shape index (κ1) is 22.5. The van der Waals surface area contributed by atoms with E-state index < -0.39 is 29.5 Å². The second kappa shape index (κ2) is 8.33. The first-order valence-corrected chi connectivity index (χ1v) is 12.3. The molecule has 2 aromatic rings. The highest BCUT2D eigenvalue weighted by Crippen LogP contribution is 2.52. The second-order valence-corrected chi connectivity index (χ2v) is 10.2. The average molecular weight is 475 g/mol. The summed E-state index contributed by atoms with van der Waals surface area (Å²) < 4.78 is 67.3. The van der Waals surface area contributed by atoms with E-state index in [2.05, 4.69) is 6.92 Å². The van der Waals surface area contributed by atoms with Crippen molar-refractivity contribution in [3.8, 4) is 11.1 Å². The number of hydrogen-bond donors (Lipinski definition) is 0. The zero-order valence-electron chi connectivity index (χ0n) is 19.2. The zero-order valence-corrected chi connectivity index (χ0v) is 19.2. The van der Waals surface area contributed by atoms with Gasteiger partial charge in [-0.1, -0.05) is 25.5 Å². The highest BCUT2D eigenvalue weighted by atomic mass is 19.1. The van der Waals surface area contributed by atoms with Gasteiger partial charge in [-0.3, -0.25) is 0 Å². The standard InChI is InChI=1S/C27H29F3O4/c1-2-9-26-14-32-27(34-26,33-15-26)19-6-3-16(4-7-19)17-5-8-20(21(28)10-17)18-11-22(29)25(23(30)12-18)24-13-31-24/h5,8,10-12,16,19,24H,2-4,6-7,9,13-15H2,1H3.